The number of anilines is 1. The molecule has 0 aromatic heterocycles. The summed E-state index contributed by atoms with van der Waals surface area (Å²) in [5.41, 5.74) is -0.368. The van der Waals surface area contributed by atoms with Crippen LogP contribution in [0.4, 0.5) is 24.5 Å². The molecule has 0 atom stereocenters. The summed E-state index contributed by atoms with van der Waals surface area (Å²) >= 11 is 0. The summed E-state index contributed by atoms with van der Waals surface area (Å²) in [6, 6.07) is 7.83. The average Bonchev–Trinajstić information content (AvgIpc) is 2.81. The topological polar surface area (TPSA) is 85.2 Å². The molecule has 0 aliphatic carbocycles. The molecule has 0 bridgehead atoms. The number of piperazine rings is 1. The number of nitrogens with zero attached hydrogens (tertiary/aromatic N) is 3. The minimum atomic E-state index is -4.39. The van der Waals surface area contributed by atoms with Crippen LogP contribution in [0.2, 0.25) is 0 Å². The van der Waals surface area contributed by atoms with Crippen LogP contribution in [-0.2, 0) is 6.18 Å². The Labute approximate surface area is 188 Å². The summed E-state index contributed by atoms with van der Waals surface area (Å²) in [7, 11) is 2.62. The lowest BCUT2D eigenvalue weighted by Gasteiger charge is -2.36. The third-order valence-corrected chi connectivity index (χ3v) is 5.54. The molecule has 3 rings (SSSR count). The first kappa shape index (κ1) is 24.3. The van der Waals surface area contributed by atoms with E-state index in [4.69, 9.17) is 9.47 Å². The maximum absolute atomic E-state index is 13.0. The number of Topliss-reactive ketones (excluding diaryl/α,β-unsaturated/α-hetero) is 1. The van der Waals surface area contributed by atoms with E-state index < -0.39 is 16.7 Å². The minimum Gasteiger partial charge on any atom is -0.493 e. The molecule has 1 saturated heterocycles. The molecule has 33 heavy (non-hydrogen) atoms. The van der Waals surface area contributed by atoms with Crippen molar-refractivity contribution in [3.63, 3.8) is 0 Å². The van der Waals surface area contributed by atoms with E-state index in [1.54, 1.807) is 6.07 Å². The van der Waals surface area contributed by atoms with E-state index in [0.717, 1.165) is 12.1 Å². The van der Waals surface area contributed by atoms with Crippen molar-refractivity contribution in [2.45, 2.75) is 12.6 Å². The molecule has 11 heteroatoms. The van der Waals surface area contributed by atoms with Gasteiger partial charge in [-0.05, 0) is 24.3 Å². The van der Waals surface area contributed by atoms with Crippen molar-refractivity contribution >= 4 is 17.2 Å². The number of halogens is 3. The maximum Gasteiger partial charge on any atom is 0.416 e. The lowest BCUT2D eigenvalue weighted by atomic mass is 10.1. The zero-order valence-electron chi connectivity index (χ0n) is 18.2. The van der Waals surface area contributed by atoms with Crippen molar-refractivity contribution in [2.75, 3.05) is 51.8 Å². The van der Waals surface area contributed by atoms with Gasteiger partial charge in [0.2, 0.25) is 5.75 Å². The number of nitro groups is 1. The standard InChI is InChI=1S/C22H24F3N3O5/c1-32-20-13-15(12-18(28(30)31)21(20)33-2)19(29)6-7-26-8-10-27(11-9-26)17-5-3-4-16(14-17)22(23,24)25/h3-5,12-14H,6-11H2,1-2H3. The zero-order valence-corrected chi connectivity index (χ0v) is 18.2. The van der Waals surface area contributed by atoms with E-state index in [9.17, 15) is 28.1 Å². The summed E-state index contributed by atoms with van der Waals surface area (Å²) in [4.78, 5) is 27.3. The summed E-state index contributed by atoms with van der Waals surface area (Å²) in [6.07, 6.45) is -4.26. The second-order valence-corrected chi connectivity index (χ2v) is 7.54. The predicted octanol–water partition coefficient (Wildman–Crippen LogP) is 4.03. The summed E-state index contributed by atoms with van der Waals surface area (Å²) in [5, 5.41) is 11.3. The smallest absolute Gasteiger partial charge is 0.416 e. The van der Waals surface area contributed by atoms with Crippen LogP contribution in [0.25, 0.3) is 0 Å². The number of carbonyl (C=O) groups excluding carboxylic acids is 1. The van der Waals surface area contributed by atoms with Crippen molar-refractivity contribution in [1.82, 2.24) is 4.90 Å². The molecule has 1 heterocycles. The van der Waals surface area contributed by atoms with E-state index >= 15 is 0 Å². The molecule has 0 radical (unpaired) electrons. The van der Waals surface area contributed by atoms with E-state index in [2.05, 4.69) is 0 Å². The van der Waals surface area contributed by atoms with Gasteiger partial charge in [-0.15, -0.1) is 0 Å². The maximum atomic E-state index is 13.0. The number of hydrogen-bond donors (Lipinski definition) is 0. The Hall–Kier alpha value is -3.34. The number of ketones is 1. The van der Waals surface area contributed by atoms with Crippen LogP contribution < -0.4 is 14.4 Å². The number of hydrogen-bond acceptors (Lipinski definition) is 7. The van der Waals surface area contributed by atoms with Gasteiger partial charge in [0.25, 0.3) is 0 Å². The summed E-state index contributed by atoms with van der Waals surface area (Å²) in [6.45, 7) is 2.64. The normalized spacial score (nSPS) is 14.8. The molecular formula is C22H24F3N3O5. The summed E-state index contributed by atoms with van der Waals surface area (Å²) < 4.78 is 49.0. The number of benzene rings is 2. The van der Waals surface area contributed by atoms with Crippen LogP contribution in [-0.4, -0.2) is 62.5 Å². The van der Waals surface area contributed by atoms with Crippen molar-refractivity contribution < 1.29 is 32.4 Å². The fourth-order valence-electron chi connectivity index (χ4n) is 3.75. The quantitative estimate of drug-likeness (QED) is 0.329. The molecule has 178 valence electrons. The molecule has 0 saturated carbocycles. The van der Waals surface area contributed by atoms with Gasteiger partial charge in [-0.3, -0.25) is 19.8 Å². The van der Waals surface area contributed by atoms with Gasteiger partial charge in [0.15, 0.2) is 11.5 Å². The summed E-state index contributed by atoms with van der Waals surface area (Å²) in [5.74, 6) is -0.228. The fraction of sp³-hybridized carbons (Fsp3) is 0.409. The van der Waals surface area contributed by atoms with Crippen LogP contribution in [0.1, 0.15) is 22.3 Å². The van der Waals surface area contributed by atoms with E-state index in [-0.39, 0.29) is 35.0 Å². The molecule has 0 N–H and O–H groups in total. The van der Waals surface area contributed by atoms with Crippen LogP contribution in [0.3, 0.4) is 0 Å². The monoisotopic (exact) mass is 467 g/mol. The highest BCUT2D eigenvalue weighted by Crippen LogP contribution is 2.38. The molecule has 0 spiro atoms. The second kappa shape index (κ2) is 10.1. The van der Waals surface area contributed by atoms with Gasteiger partial charge in [-0.25, -0.2) is 0 Å². The predicted molar refractivity (Wildman–Crippen MR) is 115 cm³/mol. The minimum absolute atomic E-state index is 0.0511. The third-order valence-electron chi connectivity index (χ3n) is 5.54. The van der Waals surface area contributed by atoms with E-state index in [0.29, 0.717) is 38.4 Å². The Morgan fingerprint density at radius 3 is 2.36 bits per heavy atom. The molecule has 1 aliphatic heterocycles. The molecular weight excluding hydrogens is 443 g/mol. The highest BCUT2D eigenvalue weighted by Gasteiger charge is 2.31. The van der Waals surface area contributed by atoms with Gasteiger partial charge < -0.3 is 14.4 Å². The molecule has 2 aromatic rings. The van der Waals surface area contributed by atoms with Crippen molar-refractivity contribution in [1.29, 1.82) is 0 Å². The number of rotatable bonds is 8. The molecule has 0 amide bonds. The third kappa shape index (κ3) is 5.72. The van der Waals surface area contributed by atoms with Gasteiger partial charge in [0.05, 0.1) is 24.7 Å². The van der Waals surface area contributed by atoms with Gasteiger partial charge in [0.1, 0.15) is 0 Å². The average molecular weight is 467 g/mol. The van der Waals surface area contributed by atoms with Gasteiger partial charge in [0, 0.05) is 56.5 Å². The van der Waals surface area contributed by atoms with Crippen molar-refractivity contribution in [3.8, 4) is 11.5 Å². The second-order valence-electron chi connectivity index (χ2n) is 7.54. The molecule has 1 fully saturated rings. The number of carbonyl (C=O) groups is 1. The number of nitro benzene ring substituents is 1. The SMILES string of the molecule is COc1cc(C(=O)CCN2CCN(c3cccc(C(F)(F)F)c3)CC2)cc([N+](=O)[O-])c1OC. The van der Waals surface area contributed by atoms with Gasteiger partial charge in [-0.2, -0.15) is 13.2 Å². The van der Waals surface area contributed by atoms with Crippen LogP contribution >= 0.6 is 0 Å². The highest BCUT2D eigenvalue weighted by molar-refractivity contribution is 5.97. The Morgan fingerprint density at radius 1 is 1.09 bits per heavy atom. The highest BCUT2D eigenvalue weighted by atomic mass is 19.4. The van der Waals surface area contributed by atoms with E-state index in [1.165, 1.54) is 32.4 Å². The fourth-order valence-corrected chi connectivity index (χ4v) is 3.75. The number of alkyl halides is 3. The van der Waals surface area contributed by atoms with Gasteiger partial charge >= 0.3 is 11.9 Å². The zero-order chi connectivity index (χ0) is 24.2. The number of ether oxygens (including phenoxy) is 2. The van der Waals surface area contributed by atoms with Crippen LogP contribution in [0, 0.1) is 10.1 Å². The Bertz CT molecular complexity index is 1020. The molecule has 2 aromatic carbocycles. The molecule has 1 aliphatic rings. The van der Waals surface area contributed by atoms with E-state index in [1.807, 2.05) is 9.80 Å². The van der Waals surface area contributed by atoms with Crippen LogP contribution in [0.15, 0.2) is 36.4 Å². The Morgan fingerprint density at radius 2 is 1.79 bits per heavy atom. The largest absolute Gasteiger partial charge is 0.493 e. The molecule has 8 nitrogen and oxygen atoms in total. The first-order valence-corrected chi connectivity index (χ1v) is 10.2. The lowest BCUT2D eigenvalue weighted by Crippen LogP contribution is -2.47. The first-order chi connectivity index (χ1) is 15.6. The van der Waals surface area contributed by atoms with Crippen molar-refractivity contribution in [2.24, 2.45) is 0 Å². The van der Waals surface area contributed by atoms with Crippen LogP contribution in [0.5, 0.6) is 11.5 Å². The molecule has 0 unspecified atom stereocenters. The Balaban J connectivity index is 1.60. The first-order valence-electron chi connectivity index (χ1n) is 10.2. The van der Waals surface area contributed by atoms with Gasteiger partial charge in [-0.1, -0.05) is 6.07 Å². The lowest BCUT2D eigenvalue weighted by molar-refractivity contribution is -0.385. The number of methoxy groups -OCH3 is 2. The Kier molecular flexibility index (Phi) is 7.42. The van der Waals surface area contributed by atoms with Crippen molar-refractivity contribution in [3.05, 3.63) is 57.6 Å².